The number of hydrogen-bond donors (Lipinski definition) is 0. The average molecular weight is 1840 g/mol. The summed E-state index contributed by atoms with van der Waals surface area (Å²) in [5.74, 6) is 1.12. The van der Waals surface area contributed by atoms with E-state index < -0.39 is 0 Å². The summed E-state index contributed by atoms with van der Waals surface area (Å²) >= 11 is 0. The van der Waals surface area contributed by atoms with Crippen molar-refractivity contribution >= 4 is 230 Å². The molecular weight excluding hydrogens is 1760 g/mol. The van der Waals surface area contributed by atoms with Crippen molar-refractivity contribution in [2.45, 2.75) is 0 Å². The zero-order valence-corrected chi connectivity index (χ0v) is 76.9. The van der Waals surface area contributed by atoms with Crippen LogP contribution in [0.4, 0.5) is 0 Å². The smallest absolute Gasteiger partial charge is 0.237 e. The molecule has 32 aromatic rings. The molecular formula is C127H75N17. The van der Waals surface area contributed by atoms with Crippen LogP contribution >= 0.6 is 0 Å². The van der Waals surface area contributed by atoms with Gasteiger partial charge in [0.2, 0.25) is 11.9 Å². The van der Waals surface area contributed by atoms with Gasteiger partial charge in [-0.2, -0.15) is 0 Å². The van der Waals surface area contributed by atoms with Gasteiger partial charge in [-0.05, 0) is 166 Å². The maximum atomic E-state index is 5.43. The lowest BCUT2D eigenvalue weighted by molar-refractivity contribution is 1.00. The first kappa shape index (κ1) is 80.2. The first-order valence-electron chi connectivity index (χ1n) is 48.3. The Hall–Kier alpha value is -19.9. The van der Waals surface area contributed by atoms with Crippen molar-refractivity contribution < 1.29 is 0 Å². The van der Waals surface area contributed by atoms with E-state index in [-0.39, 0.29) is 0 Å². The van der Waals surface area contributed by atoms with Crippen LogP contribution in [0.15, 0.2) is 455 Å². The Morgan fingerprint density at radius 3 is 0.764 bits per heavy atom. The van der Waals surface area contributed by atoms with Crippen LogP contribution < -0.4 is 0 Å². The SMILES string of the molecule is c1ccc(-c2nc(-n3c4cc5ccccc5cc4c4c3c3cc5ccccc5nc3n4-c3nc(-c4ccccc4)c4ccccc4n3)nc3ccccc23)cc1.c1ccc2cc(-n3c4nc5ccccc5cc4c4c3c3cc5ccccc5nc3n4-c3ccc4ccccc4c3)ccc2c1.c1ccc2ncc(-n3c4nc5ccccc5cc4c4c3c3cc5ccccc5nc3n4-c3cnc4ccccc4c3)cc2c1. The lowest BCUT2D eigenvalue weighted by Crippen LogP contribution is -2.04. The first-order valence-corrected chi connectivity index (χ1v) is 48.3. The number of benzene rings is 17. The van der Waals surface area contributed by atoms with E-state index in [1.807, 2.05) is 91.3 Å². The van der Waals surface area contributed by atoms with Crippen LogP contribution in [-0.4, -0.2) is 82.2 Å². The van der Waals surface area contributed by atoms with E-state index in [1.54, 1.807) is 0 Å². The van der Waals surface area contributed by atoms with Crippen LogP contribution in [0.1, 0.15) is 0 Å². The Morgan fingerprint density at radius 2 is 0.396 bits per heavy atom. The van der Waals surface area contributed by atoms with Crippen LogP contribution in [0, 0.1) is 0 Å². The number of rotatable bonds is 8. The number of pyridine rings is 7. The van der Waals surface area contributed by atoms with Crippen molar-refractivity contribution in [2.75, 3.05) is 0 Å². The summed E-state index contributed by atoms with van der Waals surface area (Å²) in [4.78, 5) is 57.8. The van der Waals surface area contributed by atoms with Gasteiger partial charge in [-0.15, -0.1) is 0 Å². The highest BCUT2D eigenvalue weighted by atomic mass is 15.2. The maximum Gasteiger partial charge on any atom is 0.237 e. The monoisotopic (exact) mass is 1840 g/mol. The summed E-state index contributed by atoms with van der Waals surface area (Å²) in [6.07, 6.45) is 3.90. The van der Waals surface area contributed by atoms with Gasteiger partial charge < -0.3 is 0 Å². The zero-order valence-electron chi connectivity index (χ0n) is 76.9. The van der Waals surface area contributed by atoms with Crippen LogP contribution in [0.2, 0.25) is 0 Å². The van der Waals surface area contributed by atoms with Gasteiger partial charge in [0.25, 0.3) is 0 Å². The second kappa shape index (κ2) is 31.8. The summed E-state index contributed by atoms with van der Waals surface area (Å²) in [6, 6.07) is 155. The van der Waals surface area contributed by atoms with E-state index >= 15 is 0 Å². The Kier molecular flexibility index (Phi) is 17.7. The number of hydrogen-bond acceptors (Lipinski definition) is 11. The lowest BCUT2D eigenvalue weighted by Gasteiger charge is -2.12. The van der Waals surface area contributed by atoms with E-state index in [2.05, 4.69) is 391 Å². The Bertz CT molecular complexity index is 10100. The molecule has 0 radical (unpaired) electrons. The average Bonchev–Trinajstić information content (AvgIpc) is 1.53. The summed E-state index contributed by atoms with van der Waals surface area (Å²) in [5.41, 5.74) is 27.8. The molecule has 0 spiro atoms. The number of fused-ring (bicyclic) bond motifs is 27. The second-order valence-electron chi connectivity index (χ2n) is 36.9. The van der Waals surface area contributed by atoms with E-state index in [4.69, 9.17) is 54.8 Å². The van der Waals surface area contributed by atoms with E-state index in [0.29, 0.717) is 11.9 Å². The molecule has 0 bridgehead atoms. The molecule has 0 aliphatic heterocycles. The third kappa shape index (κ3) is 12.7. The predicted molar refractivity (Wildman–Crippen MR) is 590 cm³/mol. The van der Waals surface area contributed by atoms with Gasteiger partial charge in [-0.1, -0.05) is 309 Å². The maximum absolute atomic E-state index is 5.43. The molecule has 0 amide bonds. The molecule has 15 aromatic heterocycles. The fourth-order valence-corrected chi connectivity index (χ4v) is 22.0. The number of aromatic nitrogens is 17. The fourth-order valence-electron chi connectivity index (χ4n) is 22.0. The van der Waals surface area contributed by atoms with Crippen LogP contribution in [0.25, 0.3) is 287 Å². The molecule has 17 aromatic carbocycles. The molecule has 15 heterocycles. The molecule has 0 aliphatic rings. The molecule has 668 valence electrons. The molecule has 0 saturated carbocycles. The van der Waals surface area contributed by atoms with E-state index in [9.17, 15) is 0 Å². The summed E-state index contributed by atoms with van der Waals surface area (Å²) < 4.78 is 13.6. The third-order valence-corrected chi connectivity index (χ3v) is 28.6. The molecule has 0 fully saturated rings. The highest BCUT2D eigenvalue weighted by Crippen LogP contribution is 2.48. The van der Waals surface area contributed by atoms with Gasteiger partial charge in [0.1, 0.15) is 28.2 Å². The normalized spacial score (nSPS) is 12.0. The molecule has 0 atom stereocenters. The second-order valence-corrected chi connectivity index (χ2v) is 36.9. The van der Waals surface area contributed by atoms with Gasteiger partial charge in [0.05, 0.1) is 123 Å². The Labute approximate surface area is 818 Å². The summed E-state index contributed by atoms with van der Waals surface area (Å²) in [6.45, 7) is 0. The molecule has 32 rings (SSSR count). The topological polar surface area (TPSA) is 171 Å². The largest absolute Gasteiger partial charge is 0.292 e. The van der Waals surface area contributed by atoms with Crippen molar-refractivity contribution in [2.24, 2.45) is 0 Å². The number of nitrogens with zero attached hydrogens (tertiary/aromatic N) is 17. The van der Waals surface area contributed by atoms with E-state index in [1.165, 1.54) is 21.5 Å². The number of para-hydroxylation sites is 9. The van der Waals surface area contributed by atoms with Gasteiger partial charge in [-0.3, -0.25) is 37.4 Å². The van der Waals surface area contributed by atoms with Gasteiger partial charge >= 0.3 is 0 Å². The minimum Gasteiger partial charge on any atom is -0.292 e. The van der Waals surface area contributed by atoms with Crippen molar-refractivity contribution in [3.8, 4) is 57.2 Å². The third-order valence-electron chi connectivity index (χ3n) is 28.6. The molecule has 17 nitrogen and oxygen atoms in total. The fraction of sp³-hybridized carbons (Fsp3) is 0. The molecule has 144 heavy (non-hydrogen) atoms. The minimum atomic E-state index is 0.543. The molecule has 0 aliphatic carbocycles. The Morgan fingerprint density at radius 1 is 0.146 bits per heavy atom. The molecule has 0 unspecified atom stereocenters. The lowest BCUT2D eigenvalue weighted by atomic mass is 10.1. The van der Waals surface area contributed by atoms with Crippen molar-refractivity contribution in [3.05, 3.63) is 455 Å². The van der Waals surface area contributed by atoms with Crippen molar-refractivity contribution in [1.29, 1.82) is 0 Å². The summed E-state index contributed by atoms with van der Waals surface area (Å²) in [7, 11) is 0. The minimum absolute atomic E-state index is 0.543. The summed E-state index contributed by atoms with van der Waals surface area (Å²) in [5, 5.41) is 22.9. The Balaban J connectivity index is 0.000000102. The standard InChI is InChI=1S/C49H29N7.C40H24N4.C38H22N6/c1-3-15-30(16-4-1)43-35-22-10-13-25-40(35)51-48(53-43)55-42-29-33-20-8-7-19-32(33)27-37(42)45-46(55)38-28-34-21-9-12-24-39(34)50-47(38)56(45)49-52-41-26-14-11-23-36(41)44(54-49)31-17-5-2-6-18-31;1-3-11-27-21-31(19-17-25(27)9-1)43-37-33-23-29-13-6-8-16-36(29)42-40(33)44(32-20-18-26-10-2-4-12-28(26)22-32)38(37)34-24-30-14-5-7-15-35(30)41-39(34)43;1-5-13-31-23(9-1)17-27(21-39-31)43-35-29-19-25-11-4-8-16-34(25)42-38(29)44(28-18-24-10-2-6-14-32(24)40-22-28)36(35)30-20-26-12-3-7-15-33(26)41-37(30)43/h1-29H;1-24H;1-22H. The highest BCUT2D eigenvalue weighted by Gasteiger charge is 2.32. The predicted octanol–water partition coefficient (Wildman–Crippen LogP) is 30.7. The van der Waals surface area contributed by atoms with Crippen molar-refractivity contribution in [3.63, 3.8) is 0 Å². The molecule has 0 N–H and O–H groups in total. The highest BCUT2D eigenvalue weighted by molar-refractivity contribution is 6.26. The van der Waals surface area contributed by atoms with Gasteiger partial charge in [0.15, 0.2) is 0 Å². The zero-order chi connectivity index (χ0) is 94.3. The van der Waals surface area contributed by atoms with E-state index in [0.717, 1.165) is 253 Å². The van der Waals surface area contributed by atoms with Crippen LogP contribution in [0.3, 0.4) is 0 Å². The quantitative estimate of drug-likeness (QED) is 0.142. The molecule has 17 heteroatoms. The van der Waals surface area contributed by atoms with Crippen molar-refractivity contribution in [1.82, 2.24) is 82.2 Å². The molecule has 0 saturated heterocycles. The van der Waals surface area contributed by atoms with Crippen LogP contribution in [-0.2, 0) is 0 Å². The first-order chi connectivity index (χ1) is 71.4. The van der Waals surface area contributed by atoms with Gasteiger partial charge in [-0.25, -0.2) is 44.9 Å². The van der Waals surface area contributed by atoms with Crippen LogP contribution in [0.5, 0.6) is 0 Å². The van der Waals surface area contributed by atoms with Gasteiger partial charge in [0, 0.05) is 103 Å².